The first kappa shape index (κ1) is 11.3. The summed E-state index contributed by atoms with van der Waals surface area (Å²) in [5.41, 5.74) is 2.04. The van der Waals surface area contributed by atoms with Gasteiger partial charge in [-0.05, 0) is 44.2 Å². The maximum Gasteiger partial charge on any atom is 0.130 e. The molecule has 2 heteroatoms. The molecule has 88 valence electrons. The first-order chi connectivity index (χ1) is 7.44. The van der Waals surface area contributed by atoms with Gasteiger partial charge in [-0.25, -0.2) is 0 Å². The van der Waals surface area contributed by atoms with E-state index in [1.54, 1.807) is 6.07 Å². The van der Waals surface area contributed by atoms with Crippen LogP contribution in [0, 0.1) is 0 Å². The smallest absolute Gasteiger partial charge is 0.130 e. The molecule has 0 radical (unpaired) electrons. The molecular formula is C14H20O2. The zero-order chi connectivity index (χ0) is 11.9. The number of fused-ring (bicyclic) bond motifs is 1. The number of phenols is 1. The zero-order valence-electron chi connectivity index (χ0n) is 10.5. The van der Waals surface area contributed by atoms with E-state index in [0.717, 1.165) is 24.2 Å². The first-order valence-electron chi connectivity index (χ1n) is 5.98. The molecule has 0 aromatic heterocycles. The van der Waals surface area contributed by atoms with Crippen LogP contribution in [0.25, 0.3) is 0 Å². The van der Waals surface area contributed by atoms with E-state index in [0.29, 0.717) is 11.7 Å². The van der Waals surface area contributed by atoms with Crippen LogP contribution in [0.2, 0.25) is 0 Å². The van der Waals surface area contributed by atoms with Crippen molar-refractivity contribution >= 4 is 0 Å². The molecule has 1 N–H and O–H groups in total. The fraction of sp³-hybridized carbons (Fsp3) is 0.571. The summed E-state index contributed by atoms with van der Waals surface area (Å²) in [6.07, 6.45) is 1.83. The summed E-state index contributed by atoms with van der Waals surface area (Å²) < 4.78 is 6.03. The van der Waals surface area contributed by atoms with Crippen molar-refractivity contribution in [2.75, 3.05) is 0 Å². The van der Waals surface area contributed by atoms with Crippen LogP contribution in [0.15, 0.2) is 12.1 Å². The van der Waals surface area contributed by atoms with Crippen LogP contribution in [0.1, 0.15) is 51.2 Å². The molecule has 1 atom stereocenters. The molecule has 0 saturated heterocycles. The quantitative estimate of drug-likeness (QED) is 0.783. The summed E-state index contributed by atoms with van der Waals surface area (Å²) in [6, 6.07) is 3.78. The highest BCUT2D eigenvalue weighted by Gasteiger charge is 2.33. The topological polar surface area (TPSA) is 29.5 Å². The Morgan fingerprint density at radius 1 is 1.44 bits per heavy atom. The van der Waals surface area contributed by atoms with Gasteiger partial charge in [0.1, 0.15) is 17.1 Å². The van der Waals surface area contributed by atoms with E-state index in [-0.39, 0.29) is 5.60 Å². The highest BCUT2D eigenvalue weighted by Crippen LogP contribution is 2.45. The van der Waals surface area contributed by atoms with Crippen molar-refractivity contribution in [1.29, 1.82) is 0 Å². The molecule has 0 fully saturated rings. The van der Waals surface area contributed by atoms with Crippen LogP contribution in [-0.4, -0.2) is 10.7 Å². The second-order valence-corrected chi connectivity index (χ2v) is 5.30. The maximum absolute atomic E-state index is 9.84. The van der Waals surface area contributed by atoms with Crippen molar-refractivity contribution in [3.05, 3.63) is 23.3 Å². The number of ether oxygens (including phenoxy) is 1. The van der Waals surface area contributed by atoms with Gasteiger partial charge in [0.15, 0.2) is 0 Å². The molecular weight excluding hydrogens is 200 g/mol. The number of rotatable bonds is 1. The average molecular weight is 220 g/mol. The van der Waals surface area contributed by atoms with Crippen LogP contribution in [0.4, 0.5) is 0 Å². The molecule has 0 aliphatic carbocycles. The molecule has 0 bridgehead atoms. The Balaban J connectivity index is 2.57. The van der Waals surface area contributed by atoms with Crippen LogP contribution in [0.5, 0.6) is 11.5 Å². The molecule has 1 aliphatic heterocycles. The first-order valence-corrected chi connectivity index (χ1v) is 5.98. The van der Waals surface area contributed by atoms with Gasteiger partial charge in [0.05, 0.1) is 0 Å². The summed E-state index contributed by atoms with van der Waals surface area (Å²) in [4.78, 5) is 0. The Labute approximate surface area is 97.3 Å². The van der Waals surface area contributed by atoms with Gasteiger partial charge in [0.25, 0.3) is 0 Å². The summed E-state index contributed by atoms with van der Waals surface area (Å²) >= 11 is 0. The third-order valence-corrected chi connectivity index (χ3v) is 3.33. The standard InChI is InChI=1S/C14H20O2/c1-5-10-12(15)7-6-11-9(2)8-14(3,4)16-13(10)11/h6-7,9,15H,5,8H2,1-4H3. The highest BCUT2D eigenvalue weighted by molar-refractivity contribution is 5.52. The molecule has 2 nitrogen and oxygen atoms in total. The Hall–Kier alpha value is -1.18. The summed E-state index contributed by atoms with van der Waals surface area (Å²) in [6.45, 7) is 8.48. The molecule has 1 unspecified atom stereocenters. The van der Waals surface area contributed by atoms with Gasteiger partial charge in [-0.1, -0.05) is 19.9 Å². The van der Waals surface area contributed by atoms with Gasteiger partial charge >= 0.3 is 0 Å². The second kappa shape index (κ2) is 3.69. The lowest BCUT2D eigenvalue weighted by Gasteiger charge is -2.37. The lowest BCUT2D eigenvalue weighted by Crippen LogP contribution is -2.34. The Morgan fingerprint density at radius 3 is 2.75 bits per heavy atom. The van der Waals surface area contributed by atoms with E-state index < -0.39 is 0 Å². The van der Waals surface area contributed by atoms with Crippen molar-refractivity contribution in [3.63, 3.8) is 0 Å². The van der Waals surface area contributed by atoms with Crippen molar-refractivity contribution < 1.29 is 9.84 Å². The molecule has 16 heavy (non-hydrogen) atoms. The Bertz CT molecular complexity index is 407. The molecule has 0 amide bonds. The van der Waals surface area contributed by atoms with Crippen molar-refractivity contribution in [3.8, 4) is 11.5 Å². The average Bonchev–Trinajstić information content (AvgIpc) is 2.15. The van der Waals surface area contributed by atoms with Gasteiger partial charge < -0.3 is 9.84 Å². The van der Waals surface area contributed by atoms with E-state index >= 15 is 0 Å². The number of benzene rings is 1. The summed E-state index contributed by atoms with van der Waals surface area (Å²) in [5.74, 6) is 1.75. The maximum atomic E-state index is 9.84. The molecule has 1 aliphatic rings. The number of phenolic OH excluding ortho intramolecular Hbond substituents is 1. The molecule has 1 heterocycles. The fourth-order valence-electron chi connectivity index (χ4n) is 2.65. The van der Waals surface area contributed by atoms with Gasteiger partial charge in [-0.2, -0.15) is 0 Å². The Kier molecular flexibility index (Phi) is 2.61. The number of aromatic hydroxyl groups is 1. The second-order valence-electron chi connectivity index (χ2n) is 5.30. The van der Waals surface area contributed by atoms with Crippen molar-refractivity contribution in [2.24, 2.45) is 0 Å². The molecule has 1 aromatic carbocycles. The van der Waals surface area contributed by atoms with E-state index in [2.05, 4.69) is 20.8 Å². The summed E-state index contributed by atoms with van der Waals surface area (Å²) in [5, 5.41) is 9.84. The SMILES string of the molecule is CCc1c(O)ccc2c1OC(C)(C)CC2C. The van der Waals surface area contributed by atoms with Gasteiger partial charge in [0, 0.05) is 5.56 Å². The monoisotopic (exact) mass is 220 g/mol. The van der Waals surface area contributed by atoms with Crippen LogP contribution in [-0.2, 0) is 6.42 Å². The van der Waals surface area contributed by atoms with E-state index in [1.807, 2.05) is 13.0 Å². The van der Waals surface area contributed by atoms with Crippen molar-refractivity contribution in [2.45, 2.75) is 52.1 Å². The number of hydrogen-bond acceptors (Lipinski definition) is 2. The predicted molar refractivity (Wildman–Crippen MR) is 65.2 cm³/mol. The molecule has 1 aromatic rings. The minimum Gasteiger partial charge on any atom is -0.508 e. The van der Waals surface area contributed by atoms with Gasteiger partial charge in [-0.15, -0.1) is 0 Å². The van der Waals surface area contributed by atoms with Crippen LogP contribution >= 0.6 is 0 Å². The molecule has 2 rings (SSSR count). The predicted octanol–water partition coefficient (Wildman–Crippen LogP) is 3.62. The lowest BCUT2D eigenvalue weighted by atomic mass is 9.84. The van der Waals surface area contributed by atoms with Gasteiger partial charge in [-0.3, -0.25) is 0 Å². The lowest BCUT2D eigenvalue weighted by molar-refractivity contribution is 0.0730. The minimum atomic E-state index is -0.135. The van der Waals surface area contributed by atoms with E-state index in [9.17, 15) is 5.11 Å². The zero-order valence-corrected chi connectivity index (χ0v) is 10.5. The van der Waals surface area contributed by atoms with Crippen LogP contribution < -0.4 is 4.74 Å². The number of hydrogen-bond donors (Lipinski definition) is 1. The molecule has 0 spiro atoms. The third-order valence-electron chi connectivity index (χ3n) is 3.33. The largest absolute Gasteiger partial charge is 0.508 e. The normalized spacial score (nSPS) is 22.4. The van der Waals surface area contributed by atoms with Crippen LogP contribution in [0.3, 0.4) is 0 Å². The van der Waals surface area contributed by atoms with Crippen molar-refractivity contribution in [1.82, 2.24) is 0 Å². The highest BCUT2D eigenvalue weighted by atomic mass is 16.5. The van der Waals surface area contributed by atoms with E-state index in [1.165, 1.54) is 5.56 Å². The minimum absolute atomic E-state index is 0.135. The van der Waals surface area contributed by atoms with E-state index in [4.69, 9.17) is 4.74 Å². The van der Waals surface area contributed by atoms with Gasteiger partial charge in [0.2, 0.25) is 0 Å². The third kappa shape index (κ3) is 1.77. The summed E-state index contributed by atoms with van der Waals surface area (Å²) in [7, 11) is 0. The Morgan fingerprint density at radius 2 is 2.12 bits per heavy atom. The molecule has 0 saturated carbocycles. The fourth-order valence-corrected chi connectivity index (χ4v) is 2.65.